The van der Waals surface area contributed by atoms with Crippen LogP contribution in [0, 0.1) is 0 Å². The molecule has 11 nitrogen and oxygen atoms in total. The summed E-state index contributed by atoms with van der Waals surface area (Å²) in [5.41, 5.74) is 4.87. The molecule has 0 bridgehead atoms. The molecule has 1 aliphatic rings. The van der Waals surface area contributed by atoms with Crippen molar-refractivity contribution in [2.45, 2.75) is 70.8 Å². The van der Waals surface area contributed by atoms with E-state index in [4.69, 9.17) is 15.0 Å². The molecule has 0 saturated carbocycles. The Labute approximate surface area is 202 Å². The van der Waals surface area contributed by atoms with Gasteiger partial charge in [0.1, 0.15) is 30.8 Å². The Hall–Kier alpha value is -1.83. The fourth-order valence-corrected chi connectivity index (χ4v) is 5.91. The summed E-state index contributed by atoms with van der Waals surface area (Å²) in [5, 5.41) is 9.80. The summed E-state index contributed by atoms with van der Waals surface area (Å²) >= 11 is 0. The van der Waals surface area contributed by atoms with E-state index >= 15 is 0 Å². The second kappa shape index (κ2) is 11.5. The van der Waals surface area contributed by atoms with E-state index in [0.717, 1.165) is 7.05 Å². The van der Waals surface area contributed by atoms with Crippen molar-refractivity contribution >= 4 is 20.3 Å². The lowest BCUT2D eigenvalue weighted by atomic mass is 10.2. The van der Waals surface area contributed by atoms with Gasteiger partial charge in [0.15, 0.2) is 0 Å². The van der Waals surface area contributed by atoms with Crippen LogP contribution in [-0.2, 0) is 14.1 Å². The summed E-state index contributed by atoms with van der Waals surface area (Å²) in [5.74, 6) is -1.93. The third-order valence-corrected chi connectivity index (χ3v) is 8.46. The second-order valence-corrected chi connectivity index (χ2v) is 10.5. The Morgan fingerprint density at radius 3 is 2.49 bits per heavy atom. The van der Waals surface area contributed by atoms with Gasteiger partial charge in [0.2, 0.25) is 0 Å². The van der Waals surface area contributed by atoms with E-state index in [0.29, 0.717) is 4.90 Å². The SMILES string of the molecule is CC(C)[N+](CCN(C)C(=O)C(F)(F)F)(C(C)C)P(O)O[C@H]1C[C@H](n2ccc(N)nc2=O)O[C@@H]1CO. The zero-order chi connectivity index (χ0) is 26.7. The molecule has 1 saturated heterocycles. The number of likely N-dealkylation sites (N-methyl/N-ethyl adjacent to an activating group) is 1. The lowest BCUT2D eigenvalue weighted by Crippen LogP contribution is -2.57. The molecule has 1 aliphatic heterocycles. The first-order valence-corrected chi connectivity index (χ1v) is 12.3. The molecule has 0 radical (unpaired) electrons. The Morgan fingerprint density at radius 1 is 1.40 bits per heavy atom. The van der Waals surface area contributed by atoms with Crippen LogP contribution in [0.3, 0.4) is 0 Å². The number of amides is 1. The van der Waals surface area contributed by atoms with E-state index in [1.54, 1.807) is 27.7 Å². The van der Waals surface area contributed by atoms with Gasteiger partial charge < -0.3 is 25.4 Å². The second-order valence-electron chi connectivity index (χ2n) is 9.01. The van der Waals surface area contributed by atoms with Crippen LogP contribution in [0.2, 0.25) is 0 Å². The van der Waals surface area contributed by atoms with Gasteiger partial charge in [0.05, 0.1) is 25.2 Å². The highest BCUT2D eigenvalue weighted by molar-refractivity contribution is 7.39. The number of hydrogen-bond donors (Lipinski definition) is 3. The summed E-state index contributed by atoms with van der Waals surface area (Å²) in [6.07, 6.45) is -5.98. The average Bonchev–Trinajstić information content (AvgIpc) is 3.14. The number of halogens is 3. The lowest BCUT2D eigenvalue weighted by molar-refractivity contribution is -0.861. The van der Waals surface area contributed by atoms with E-state index in [-0.39, 0.29) is 41.7 Å². The number of aliphatic hydroxyl groups excluding tert-OH is 1. The average molecular weight is 528 g/mol. The van der Waals surface area contributed by atoms with Crippen LogP contribution < -0.4 is 11.4 Å². The Bertz CT molecular complexity index is 923. The number of nitrogens with two attached hydrogens (primary N) is 1. The maximum atomic E-state index is 12.8. The van der Waals surface area contributed by atoms with Gasteiger partial charge in [-0.25, -0.2) is 4.79 Å². The van der Waals surface area contributed by atoms with Crippen molar-refractivity contribution in [1.29, 1.82) is 0 Å². The molecule has 15 heteroatoms. The van der Waals surface area contributed by atoms with Gasteiger partial charge in [-0.05, 0) is 33.8 Å². The summed E-state index contributed by atoms with van der Waals surface area (Å²) in [6.45, 7) is 6.49. The zero-order valence-electron chi connectivity index (χ0n) is 20.3. The number of rotatable bonds is 10. The number of hydrogen-bond acceptors (Lipinski definition) is 8. The summed E-state index contributed by atoms with van der Waals surface area (Å²) in [4.78, 5) is 39.3. The predicted octanol–water partition coefficient (Wildman–Crippen LogP) is 1.36. The fourth-order valence-electron chi connectivity index (χ4n) is 4.22. The number of nitrogen functional groups attached to an aromatic ring is 1. The molecule has 200 valence electrons. The number of ether oxygens (including phenoxy) is 1. The van der Waals surface area contributed by atoms with Crippen molar-refractivity contribution in [3.05, 3.63) is 22.7 Å². The van der Waals surface area contributed by atoms with Crippen LogP contribution in [-0.4, -0.2) is 91.8 Å². The molecule has 1 fully saturated rings. The van der Waals surface area contributed by atoms with Crippen LogP contribution >= 0.6 is 8.53 Å². The molecular weight excluding hydrogens is 494 g/mol. The van der Waals surface area contributed by atoms with Gasteiger partial charge >= 0.3 is 26.3 Å². The van der Waals surface area contributed by atoms with E-state index < -0.39 is 51.3 Å². The minimum absolute atomic E-state index is 0.00199. The number of alkyl halides is 3. The first-order valence-electron chi connectivity index (χ1n) is 11.1. The number of anilines is 1. The van der Waals surface area contributed by atoms with Crippen LogP contribution in [0.15, 0.2) is 17.1 Å². The largest absolute Gasteiger partial charge is 0.471 e. The van der Waals surface area contributed by atoms with E-state index in [1.807, 2.05) is 0 Å². The van der Waals surface area contributed by atoms with Crippen LogP contribution in [0.25, 0.3) is 0 Å². The van der Waals surface area contributed by atoms with Crippen molar-refractivity contribution < 1.29 is 41.5 Å². The molecule has 4 atom stereocenters. The van der Waals surface area contributed by atoms with E-state index in [9.17, 15) is 32.8 Å². The standard InChI is InChI=1S/C20H33F3N5O6P/c1-12(2)28(13(3)4,9-8-26(5)18(30)20(21,22)23)35(32)34-14-10-17(33-15(14)11-29)27-7-6-16(24)25-19(27)31/h6-7,12-15,17,29,32H,8-11H2,1-5H3,(H-,24,25,31)/p+1/t14-,15+,17+,35?/m0/s1. The number of aromatic nitrogens is 2. The molecule has 4 N–H and O–H groups in total. The molecule has 35 heavy (non-hydrogen) atoms. The van der Waals surface area contributed by atoms with Gasteiger partial charge in [-0.3, -0.25) is 18.1 Å². The Morgan fingerprint density at radius 2 is 2.00 bits per heavy atom. The quantitative estimate of drug-likeness (QED) is 0.387. The Balaban J connectivity index is 2.24. The highest BCUT2D eigenvalue weighted by Gasteiger charge is 2.50. The summed E-state index contributed by atoms with van der Waals surface area (Å²) in [6, 6.07) is 0.856. The maximum absolute atomic E-state index is 12.8. The monoisotopic (exact) mass is 528 g/mol. The predicted molar refractivity (Wildman–Crippen MR) is 122 cm³/mol. The van der Waals surface area contributed by atoms with Crippen molar-refractivity contribution in [3.8, 4) is 0 Å². The number of quaternary nitrogens is 1. The van der Waals surface area contributed by atoms with Crippen molar-refractivity contribution in [3.63, 3.8) is 0 Å². The number of carbonyl (C=O) groups is 1. The highest BCUT2D eigenvalue weighted by Crippen LogP contribution is 2.52. The summed E-state index contributed by atoms with van der Waals surface area (Å²) in [7, 11) is -1.27. The third-order valence-electron chi connectivity index (χ3n) is 6.24. The van der Waals surface area contributed by atoms with E-state index in [2.05, 4.69) is 4.98 Å². The molecule has 0 spiro atoms. The molecule has 1 unspecified atom stereocenters. The van der Waals surface area contributed by atoms with Gasteiger partial charge in [-0.1, -0.05) is 0 Å². The van der Waals surface area contributed by atoms with Gasteiger partial charge in [-0.2, -0.15) is 18.2 Å². The molecule has 0 aromatic carbocycles. The normalized spacial score (nSPS) is 22.1. The smallest absolute Gasteiger partial charge is 0.394 e. The molecule has 1 aromatic rings. The fraction of sp³-hybridized carbons (Fsp3) is 0.750. The summed E-state index contributed by atoms with van der Waals surface area (Å²) < 4.78 is 51.3. The van der Waals surface area contributed by atoms with E-state index in [1.165, 1.54) is 16.8 Å². The van der Waals surface area contributed by atoms with Crippen molar-refractivity contribution in [2.24, 2.45) is 0 Å². The first-order chi connectivity index (χ1) is 16.1. The highest BCUT2D eigenvalue weighted by atomic mass is 31.2. The molecule has 1 amide bonds. The third kappa shape index (κ3) is 6.49. The number of carbonyl (C=O) groups excluding carboxylic acids is 1. The van der Waals surface area contributed by atoms with Crippen molar-refractivity contribution in [1.82, 2.24) is 14.5 Å². The van der Waals surface area contributed by atoms with Crippen LogP contribution in [0.5, 0.6) is 0 Å². The zero-order valence-corrected chi connectivity index (χ0v) is 21.2. The number of nitrogens with zero attached hydrogens (tertiary/aromatic N) is 4. The van der Waals surface area contributed by atoms with Gasteiger partial charge in [0, 0.05) is 19.7 Å². The van der Waals surface area contributed by atoms with Crippen molar-refractivity contribution in [2.75, 3.05) is 32.5 Å². The van der Waals surface area contributed by atoms with Gasteiger partial charge in [-0.15, -0.1) is 0 Å². The Kier molecular flexibility index (Phi) is 9.65. The maximum Gasteiger partial charge on any atom is 0.471 e. The van der Waals surface area contributed by atoms with Crippen LogP contribution in [0.1, 0.15) is 40.3 Å². The lowest BCUT2D eigenvalue weighted by Gasteiger charge is -2.47. The minimum Gasteiger partial charge on any atom is -0.394 e. The number of aliphatic hydroxyl groups is 1. The molecule has 2 heterocycles. The molecule has 2 rings (SSSR count). The molecular formula is C20H34F3N5O6P+. The first kappa shape index (κ1) is 29.4. The molecule has 0 aliphatic carbocycles. The minimum atomic E-state index is -5.00. The van der Waals surface area contributed by atoms with Gasteiger partial charge in [0.25, 0.3) is 0 Å². The van der Waals surface area contributed by atoms with Crippen LogP contribution in [0.4, 0.5) is 19.0 Å². The molecule has 1 aromatic heterocycles. The topological polar surface area (TPSA) is 140 Å².